The van der Waals surface area contributed by atoms with Gasteiger partial charge in [0, 0.05) is 4.91 Å². The Balaban J connectivity index is 1.14. The molecule has 4 fully saturated rings. The molecule has 0 aromatic heterocycles. The van der Waals surface area contributed by atoms with E-state index >= 15 is 0 Å². The van der Waals surface area contributed by atoms with Crippen LogP contribution < -0.4 is 0 Å². The highest BCUT2D eigenvalue weighted by Gasteiger charge is 2.61. The van der Waals surface area contributed by atoms with Gasteiger partial charge in [-0.2, -0.15) is 0 Å². The van der Waals surface area contributed by atoms with Gasteiger partial charge < -0.3 is 47.4 Å². The molecule has 1 unspecified atom stereocenters. The van der Waals surface area contributed by atoms with Crippen molar-refractivity contribution in [3.8, 4) is 0 Å². The highest BCUT2D eigenvalue weighted by atomic mass is 16.9. The van der Waals surface area contributed by atoms with Crippen LogP contribution in [-0.2, 0) is 67.2 Å². The van der Waals surface area contributed by atoms with Gasteiger partial charge in [-0.25, -0.2) is 0 Å². The number of ether oxygens (including phenoxy) is 10. The van der Waals surface area contributed by atoms with E-state index in [0.717, 1.165) is 16.7 Å². The van der Waals surface area contributed by atoms with Gasteiger partial charge in [0.05, 0.1) is 33.0 Å². The Morgan fingerprint density at radius 3 is 1.75 bits per heavy atom. The number of benzene rings is 3. The first-order valence-electron chi connectivity index (χ1n) is 17.8. The molecule has 52 heavy (non-hydrogen) atoms. The molecular weight excluding hydrogens is 670 g/mol. The van der Waals surface area contributed by atoms with Gasteiger partial charge in [-0.05, 0) is 49.9 Å². The summed E-state index contributed by atoms with van der Waals surface area (Å²) in [6.45, 7) is 8.42. The average Bonchev–Trinajstić information content (AvgIpc) is 3.64. The minimum atomic E-state index is -1.05. The molecule has 0 N–H and O–H groups in total. The van der Waals surface area contributed by atoms with Crippen molar-refractivity contribution in [2.24, 2.45) is 5.11 Å². The van der Waals surface area contributed by atoms with E-state index in [1.54, 1.807) is 0 Å². The van der Waals surface area contributed by atoms with E-state index in [1.165, 1.54) is 0 Å². The van der Waals surface area contributed by atoms with Gasteiger partial charge in [0.1, 0.15) is 48.8 Å². The van der Waals surface area contributed by atoms with E-state index in [9.17, 15) is 5.53 Å². The van der Waals surface area contributed by atoms with Gasteiger partial charge in [-0.1, -0.05) is 96.1 Å². The molecule has 3 aromatic carbocycles. The predicted molar refractivity (Wildman–Crippen MR) is 186 cm³/mol. The molecule has 13 nitrogen and oxygen atoms in total. The van der Waals surface area contributed by atoms with Crippen molar-refractivity contribution in [3.63, 3.8) is 0 Å². The lowest BCUT2D eigenvalue weighted by molar-refractivity contribution is -0.302. The Kier molecular flexibility index (Phi) is 11.6. The third kappa shape index (κ3) is 8.84. The summed E-state index contributed by atoms with van der Waals surface area (Å²) in [4.78, 5) is 3.21. The third-order valence-corrected chi connectivity index (χ3v) is 9.44. The third-order valence-electron chi connectivity index (χ3n) is 9.44. The molecule has 278 valence electrons. The summed E-state index contributed by atoms with van der Waals surface area (Å²) < 4.78 is 63.9. The smallest absolute Gasteiger partial charge is 0.190 e. The number of hydrogen-bond donors (Lipinski definition) is 0. The maximum absolute atomic E-state index is 9.85. The van der Waals surface area contributed by atoms with Crippen LogP contribution in [0, 0.1) is 0 Å². The molecule has 3 aromatic rings. The van der Waals surface area contributed by atoms with E-state index in [1.807, 2.05) is 119 Å². The normalized spacial score (nSPS) is 33.2. The monoisotopic (exact) mass is 717 g/mol. The first-order chi connectivity index (χ1) is 25.2. The quantitative estimate of drug-likeness (QED) is 0.108. The van der Waals surface area contributed by atoms with Gasteiger partial charge in [-0.3, -0.25) is 0 Å². The molecule has 10 atom stereocenters. The highest BCUT2D eigenvalue weighted by molar-refractivity contribution is 5.16. The topological polar surface area (TPSA) is 141 Å². The van der Waals surface area contributed by atoms with Crippen LogP contribution in [0.25, 0.3) is 10.4 Å². The lowest BCUT2D eigenvalue weighted by Gasteiger charge is -2.45. The van der Waals surface area contributed by atoms with Gasteiger partial charge in [0.2, 0.25) is 0 Å². The van der Waals surface area contributed by atoms with Crippen molar-refractivity contribution in [1.82, 2.24) is 0 Å². The summed E-state index contributed by atoms with van der Waals surface area (Å²) in [5, 5.41) is 4.20. The van der Waals surface area contributed by atoms with Gasteiger partial charge in [0.15, 0.2) is 24.2 Å². The second-order valence-electron chi connectivity index (χ2n) is 14.3. The van der Waals surface area contributed by atoms with Crippen molar-refractivity contribution in [1.29, 1.82) is 0 Å². The van der Waals surface area contributed by atoms with E-state index in [-0.39, 0.29) is 26.4 Å². The van der Waals surface area contributed by atoms with Crippen molar-refractivity contribution < 1.29 is 47.4 Å². The first-order valence-corrected chi connectivity index (χ1v) is 17.8. The SMILES string of the molecule is CC1(C)O[C@H]2[C@@H](O1)[C@@H](COC1O[C@H](COCc3ccccc3)[C@@H](OCc3ccccc3)[C@H](OCc3ccccc3)[C@H]1N=[N+]=[N-])O[C@@H]1OC(C)(C)O[C@@H]12. The van der Waals surface area contributed by atoms with Crippen LogP contribution in [0.2, 0.25) is 0 Å². The zero-order chi connectivity index (χ0) is 36.1. The molecule has 0 saturated carbocycles. The largest absolute Gasteiger partial charge is 0.374 e. The van der Waals surface area contributed by atoms with Crippen LogP contribution in [-0.4, -0.2) is 86.1 Å². The molecule has 0 bridgehead atoms. The van der Waals surface area contributed by atoms with Crippen LogP contribution >= 0.6 is 0 Å². The van der Waals surface area contributed by atoms with Crippen LogP contribution in [0.15, 0.2) is 96.1 Å². The van der Waals surface area contributed by atoms with Crippen LogP contribution in [0.1, 0.15) is 44.4 Å². The van der Waals surface area contributed by atoms with Gasteiger partial charge in [0.25, 0.3) is 0 Å². The summed E-state index contributed by atoms with van der Waals surface area (Å²) in [6, 6.07) is 28.6. The van der Waals surface area contributed by atoms with E-state index in [0.29, 0.717) is 6.61 Å². The Hall–Kier alpha value is -3.43. The second-order valence-corrected chi connectivity index (χ2v) is 14.3. The maximum Gasteiger partial charge on any atom is 0.190 e. The van der Waals surface area contributed by atoms with Crippen LogP contribution in [0.3, 0.4) is 0 Å². The summed E-state index contributed by atoms with van der Waals surface area (Å²) in [5.74, 6) is -1.74. The molecular formula is C39H47N3O10. The predicted octanol–water partition coefficient (Wildman–Crippen LogP) is 6.19. The number of hydrogen-bond acceptors (Lipinski definition) is 11. The molecule has 0 radical (unpaired) electrons. The number of fused-ring (bicyclic) bond motifs is 3. The Bertz CT molecular complexity index is 1630. The van der Waals surface area contributed by atoms with Crippen LogP contribution in [0.4, 0.5) is 0 Å². The minimum absolute atomic E-state index is 0.00820. The fraction of sp³-hybridized carbons (Fsp3) is 0.538. The molecule has 0 spiro atoms. The fourth-order valence-corrected chi connectivity index (χ4v) is 7.16. The van der Waals surface area contributed by atoms with Crippen molar-refractivity contribution in [2.75, 3.05) is 13.2 Å². The molecule has 7 rings (SSSR count). The minimum Gasteiger partial charge on any atom is -0.374 e. The molecule has 0 amide bonds. The molecule has 0 aliphatic carbocycles. The maximum atomic E-state index is 9.85. The lowest BCUT2D eigenvalue weighted by Crippen LogP contribution is -2.61. The molecule has 4 aliphatic rings. The molecule has 4 saturated heterocycles. The first kappa shape index (κ1) is 36.9. The standard InChI is InChI=1S/C39H47N3O10/c1-38(2)49-32-29(48-37-35(34(32)50-38)51-39(3,4)52-37)24-46-36-30(41-42-40)33(45-22-27-18-12-7-13-19-27)31(44-21-26-16-10-6-11-17-26)28(47-36)23-43-20-25-14-8-5-9-15-25/h5-19,28-37H,20-24H2,1-4H3/t28-,29-,30-,31-,32+,33-,34+,35-,36?,37-/m1/s1. The summed E-state index contributed by atoms with van der Waals surface area (Å²) in [6.07, 6.45) is -5.95. The number of nitrogens with zero attached hydrogens (tertiary/aromatic N) is 3. The van der Waals surface area contributed by atoms with E-state index in [4.69, 9.17) is 47.4 Å². The Labute approximate surface area is 303 Å². The summed E-state index contributed by atoms with van der Waals surface area (Å²) in [7, 11) is 0. The average molecular weight is 718 g/mol. The highest BCUT2D eigenvalue weighted by Crippen LogP contribution is 2.44. The van der Waals surface area contributed by atoms with Gasteiger partial charge in [-0.15, -0.1) is 0 Å². The Morgan fingerprint density at radius 1 is 0.596 bits per heavy atom. The summed E-state index contributed by atoms with van der Waals surface area (Å²) in [5.41, 5.74) is 12.8. The van der Waals surface area contributed by atoms with Gasteiger partial charge >= 0.3 is 0 Å². The van der Waals surface area contributed by atoms with Crippen molar-refractivity contribution in [2.45, 2.75) is 120 Å². The number of rotatable bonds is 14. The van der Waals surface area contributed by atoms with E-state index in [2.05, 4.69) is 10.0 Å². The number of azide groups is 1. The summed E-state index contributed by atoms with van der Waals surface area (Å²) >= 11 is 0. The lowest BCUT2D eigenvalue weighted by atomic mass is 9.96. The van der Waals surface area contributed by atoms with E-state index < -0.39 is 72.9 Å². The zero-order valence-corrected chi connectivity index (χ0v) is 29.9. The second kappa shape index (κ2) is 16.3. The molecule has 4 heterocycles. The van der Waals surface area contributed by atoms with Crippen LogP contribution in [0.5, 0.6) is 0 Å². The Morgan fingerprint density at radius 2 is 1.13 bits per heavy atom. The van der Waals surface area contributed by atoms with Crippen molar-refractivity contribution in [3.05, 3.63) is 118 Å². The zero-order valence-electron chi connectivity index (χ0n) is 29.9. The van der Waals surface area contributed by atoms with Crippen molar-refractivity contribution >= 4 is 0 Å². The fourth-order valence-electron chi connectivity index (χ4n) is 7.16. The molecule has 13 heteroatoms. The molecule has 4 aliphatic heterocycles.